The Morgan fingerprint density at radius 2 is 1.88 bits per heavy atom. The van der Waals surface area contributed by atoms with Crippen molar-refractivity contribution in [3.05, 3.63) is 47.8 Å². The summed E-state index contributed by atoms with van der Waals surface area (Å²) in [4.78, 5) is 11.4. The third-order valence-corrected chi connectivity index (χ3v) is 4.97. The summed E-state index contributed by atoms with van der Waals surface area (Å²) >= 11 is 0. The van der Waals surface area contributed by atoms with Gasteiger partial charge in [-0.3, -0.25) is 0 Å². The standard InChI is InChI=1S/C17H23F3N2O3S/c1-5-25-14(23)10-11-16(19,20)17(21,22-26(24)15(2,3)4)12-8-6-7-9-13(12)18/h6-11,22H,5,21H2,1-4H3/b11-10+/t17-,26?/m1/s1. The van der Waals surface area contributed by atoms with Gasteiger partial charge >= 0.3 is 11.9 Å². The van der Waals surface area contributed by atoms with E-state index in [1.54, 1.807) is 20.8 Å². The first-order chi connectivity index (χ1) is 11.8. The Morgan fingerprint density at radius 1 is 1.31 bits per heavy atom. The highest BCUT2D eigenvalue weighted by molar-refractivity contribution is 7.84. The van der Waals surface area contributed by atoms with Crippen molar-refractivity contribution in [1.29, 1.82) is 0 Å². The zero-order valence-electron chi connectivity index (χ0n) is 15.0. The van der Waals surface area contributed by atoms with Crippen molar-refractivity contribution in [2.45, 2.75) is 44.0 Å². The minimum atomic E-state index is -3.97. The molecule has 3 N–H and O–H groups in total. The third kappa shape index (κ3) is 5.15. The van der Waals surface area contributed by atoms with Gasteiger partial charge in [0.15, 0.2) is 5.66 Å². The Balaban J connectivity index is 3.42. The number of ether oxygens (including phenoxy) is 1. The number of esters is 1. The lowest BCUT2D eigenvalue weighted by Crippen LogP contribution is -2.64. The number of benzene rings is 1. The van der Waals surface area contributed by atoms with Crippen LogP contribution in [-0.4, -0.2) is 27.5 Å². The van der Waals surface area contributed by atoms with Gasteiger partial charge in [-0.2, -0.15) is 8.78 Å². The Bertz CT molecular complexity index is 705. The van der Waals surface area contributed by atoms with Crippen molar-refractivity contribution in [1.82, 2.24) is 4.72 Å². The summed E-state index contributed by atoms with van der Waals surface area (Å²) in [6.45, 7) is 6.16. The molecule has 0 radical (unpaired) electrons. The summed E-state index contributed by atoms with van der Waals surface area (Å²) in [5.41, 5.74) is 2.41. The molecule has 0 aliphatic heterocycles. The molecular formula is C17H23F3N2O3S. The minimum absolute atomic E-state index is 0.00210. The maximum Gasteiger partial charge on any atom is 0.330 e. The highest BCUT2D eigenvalue weighted by Crippen LogP contribution is 2.37. The highest BCUT2D eigenvalue weighted by Gasteiger charge is 2.53. The van der Waals surface area contributed by atoms with Crippen LogP contribution >= 0.6 is 0 Å². The molecule has 0 heterocycles. The van der Waals surface area contributed by atoms with Gasteiger partial charge in [-0.05, 0) is 39.8 Å². The smallest absolute Gasteiger partial charge is 0.330 e. The van der Waals surface area contributed by atoms with Gasteiger partial charge in [-0.1, -0.05) is 18.2 Å². The number of hydrogen-bond donors (Lipinski definition) is 2. The average molecular weight is 392 g/mol. The molecule has 26 heavy (non-hydrogen) atoms. The zero-order valence-corrected chi connectivity index (χ0v) is 15.8. The molecule has 1 aromatic rings. The van der Waals surface area contributed by atoms with Crippen LogP contribution < -0.4 is 10.5 Å². The molecule has 5 nitrogen and oxygen atoms in total. The molecule has 0 amide bonds. The van der Waals surface area contributed by atoms with E-state index in [2.05, 4.69) is 9.46 Å². The van der Waals surface area contributed by atoms with E-state index in [4.69, 9.17) is 5.73 Å². The molecule has 0 fully saturated rings. The van der Waals surface area contributed by atoms with Gasteiger partial charge in [0, 0.05) is 11.6 Å². The molecule has 0 spiro atoms. The highest BCUT2D eigenvalue weighted by atomic mass is 32.2. The molecule has 0 bridgehead atoms. The molecular weight excluding hydrogens is 369 g/mol. The second kappa shape index (κ2) is 8.32. The number of nitrogens with one attached hydrogen (secondary N) is 1. The predicted molar refractivity (Wildman–Crippen MR) is 94.0 cm³/mol. The monoisotopic (exact) mass is 392 g/mol. The van der Waals surface area contributed by atoms with Crippen LogP contribution in [0.15, 0.2) is 36.4 Å². The lowest BCUT2D eigenvalue weighted by atomic mass is 9.93. The maximum absolute atomic E-state index is 14.9. The van der Waals surface area contributed by atoms with Crippen LogP contribution in [0.5, 0.6) is 0 Å². The molecule has 1 aromatic carbocycles. The number of hydrogen-bond acceptors (Lipinski definition) is 4. The quantitative estimate of drug-likeness (QED) is 0.425. The summed E-state index contributed by atoms with van der Waals surface area (Å²) in [6, 6.07) is 4.66. The number of rotatable bonds is 7. The van der Waals surface area contributed by atoms with Crippen molar-refractivity contribution < 1.29 is 26.9 Å². The molecule has 0 saturated heterocycles. The van der Waals surface area contributed by atoms with Gasteiger partial charge in [-0.15, -0.1) is 0 Å². The molecule has 1 unspecified atom stereocenters. The predicted octanol–water partition coefficient (Wildman–Crippen LogP) is 2.74. The van der Waals surface area contributed by atoms with E-state index in [0.717, 1.165) is 12.1 Å². The van der Waals surface area contributed by atoms with Crippen LogP contribution in [-0.2, 0) is 26.2 Å². The Morgan fingerprint density at radius 3 is 2.38 bits per heavy atom. The third-order valence-electron chi connectivity index (χ3n) is 3.35. The summed E-state index contributed by atoms with van der Waals surface area (Å²) in [6.07, 6.45) is 0.720. The fraction of sp³-hybridized carbons (Fsp3) is 0.471. The van der Waals surface area contributed by atoms with E-state index in [0.29, 0.717) is 6.08 Å². The fourth-order valence-corrected chi connectivity index (χ4v) is 2.72. The summed E-state index contributed by atoms with van der Waals surface area (Å²) in [5.74, 6) is -5.97. The second-order valence-corrected chi connectivity index (χ2v) is 8.45. The summed E-state index contributed by atoms with van der Waals surface area (Å²) in [5, 5.41) is 0. The molecule has 146 valence electrons. The van der Waals surface area contributed by atoms with E-state index in [9.17, 15) is 22.2 Å². The van der Waals surface area contributed by atoms with Crippen molar-refractivity contribution in [3.8, 4) is 0 Å². The first-order valence-corrected chi connectivity index (χ1v) is 8.97. The van der Waals surface area contributed by atoms with Crippen LogP contribution in [0.25, 0.3) is 0 Å². The van der Waals surface area contributed by atoms with Crippen LogP contribution in [0.1, 0.15) is 33.3 Å². The van der Waals surface area contributed by atoms with Crippen molar-refractivity contribution >= 4 is 17.0 Å². The van der Waals surface area contributed by atoms with Gasteiger partial charge in [-0.25, -0.2) is 18.1 Å². The van der Waals surface area contributed by atoms with Crippen molar-refractivity contribution in [2.75, 3.05) is 6.61 Å². The van der Waals surface area contributed by atoms with Crippen LogP contribution in [0.2, 0.25) is 0 Å². The minimum Gasteiger partial charge on any atom is -0.463 e. The average Bonchev–Trinajstić information content (AvgIpc) is 2.52. The van der Waals surface area contributed by atoms with E-state index in [1.165, 1.54) is 19.1 Å². The Labute approximate surface area is 153 Å². The lowest BCUT2D eigenvalue weighted by Gasteiger charge is -2.38. The molecule has 0 saturated carbocycles. The number of alkyl halides is 2. The van der Waals surface area contributed by atoms with E-state index < -0.39 is 44.7 Å². The maximum atomic E-state index is 14.9. The molecule has 2 atom stereocenters. The second-order valence-electron chi connectivity index (χ2n) is 6.48. The SMILES string of the molecule is CCOC(=O)/C=C/C(F)(F)[C@](N)(NS(=O)C(C)(C)C)c1ccccc1F. The van der Waals surface area contributed by atoms with E-state index in [-0.39, 0.29) is 12.7 Å². The molecule has 9 heteroatoms. The molecule has 0 aliphatic rings. The van der Waals surface area contributed by atoms with Crippen molar-refractivity contribution in [2.24, 2.45) is 5.73 Å². The van der Waals surface area contributed by atoms with Crippen LogP contribution in [0.4, 0.5) is 13.2 Å². The van der Waals surface area contributed by atoms with Crippen molar-refractivity contribution in [3.63, 3.8) is 0 Å². The first kappa shape index (κ1) is 22.3. The van der Waals surface area contributed by atoms with Gasteiger partial charge in [0.2, 0.25) is 0 Å². The number of halogens is 3. The molecule has 1 rings (SSSR count). The van der Waals surface area contributed by atoms with Gasteiger partial charge in [0.1, 0.15) is 5.82 Å². The Hall–Kier alpha value is -1.71. The van der Waals surface area contributed by atoms with E-state index >= 15 is 0 Å². The number of carbonyl (C=O) groups excluding carboxylic acids is 1. The first-order valence-electron chi connectivity index (χ1n) is 7.82. The lowest BCUT2D eigenvalue weighted by molar-refractivity contribution is -0.137. The Kier molecular flexibility index (Phi) is 7.15. The topological polar surface area (TPSA) is 81.4 Å². The molecule has 0 aliphatic carbocycles. The zero-order chi connectivity index (χ0) is 20.2. The van der Waals surface area contributed by atoms with Gasteiger partial charge in [0.25, 0.3) is 0 Å². The fourth-order valence-electron chi connectivity index (χ4n) is 1.88. The van der Waals surface area contributed by atoms with Gasteiger partial charge < -0.3 is 10.5 Å². The molecule has 0 aromatic heterocycles. The summed E-state index contributed by atoms with van der Waals surface area (Å²) in [7, 11) is -2.05. The van der Waals surface area contributed by atoms with Gasteiger partial charge in [0.05, 0.1) is 22.3 Å². The number of carbonyl (C=O) groups is 1. The summed E-state index contributed by atoms with van der Waals surface area (Å²) < 4.78 is 62.2. The van der Waals surface area contributed by atoms with E-state index in [1.807, 2.05) is 0 Å². The largest absolute Gasteiger partial charge is 0.463 e. The number of nitrogens with two attached hydrogens (primary N) is 1. The van der Waals surface area contributed by atoms with Crippen LogP contribution in [0, 0.1) is 5.82 Å². The normalized spacial score (nSPS) is 16.3. The van der Waals surface area contributed by atoms with Crippen LogP contribution in [0.3, 0.4) is 0 Å².